The van der Waals surface area contributed by atoms with Crippen LogP contribution in [0.5, 0.6) is 0 Å². The summed E-state index contributed by atoms with van der Waals surface area (Å²) in [5, 5.41) is 6.90. The zero-order valence-electron chi connectivity index (χ0n) is 11.3. The Labute approximate surface area is 111 Å². The van der Waals surface area contributed by atoms with Crippen LogP contribution in [0.15, 0.2) is 22.7 Å². The number of carbonyl (C=O) groups is 1. The number of amides is 1. The molecule has 2 aromatic rings. The van der Waals surface area contributed by atoms with Crippen molar-refractivity contribution < 1.29 is 9.21 Å². The number of rotatable bonds is 4. The number of aryl methyl sites for hydroxylation is 2. The van der Waals surface area contributed by atoms with E-state index in [1.165, 1.54) is 6.20 Å². The number of carbonyl (C=O) groups excluding carboxylic acids is 1. The van der Waals surface area contributed by atoms with Gasteiger partial charge in [0, 0.05) is 6.54 Å². The molecule has 102 valence electrons. The van der Waals surface area contributed by atoms with Gasteiger partial charge in [-0.25, -0.2) is 0 Å². The summed E-state index contributed by atoms with van der Waals surface area (Å²) in [6.45, 7) is 6.22. The lowest BCUT2D eigenvalue weighted by atomic mass is 10.2. The average molecular weight is 262 g/mol. The predicted octanol–water partition coefficient (Wildman–Crippen LogP) is 1.88. The molecule has 0 fully saturated rings. The predicted molar refractivity (Wildman–Crippen MR) is 71.6 cm³/mol. The molecule has 19 heavy (non-hydrogen) atoms. The topological polar surface area (TPSA) is 86.1 Å². The van der Waals surface area contributed by atoms with Gasteiger partial charge in [0.15, 0.2) is 0 Å². The van der Waals surface area contributed by atoms with Crippen LogP contribution in [0.25, 0.3) is 0 Å². The molecule has 1 amide bonds. The van der Waals surface area contributed by atoms with Crippen molar-refractivity contribution in [2.24, 2.45) is 0 Å². The molecular formula is C13H18N4O2. The number of aromatic nitrogens is 2. The van der Waals surface area contributed by atoms with Crippen LogP contribution in [0, 0.1) is 6.92 Å². The smallest absolute Gasteiger partial charge is 0.272 e. The van der Waals surface area contributed by atoms with E-state index in [0.29, 0.717) is 23.7 Å². The molecule has 0 aliphatic heterocycles. The quantitative estimate of drug-likeness (QED) is 0.880. The summed E-state index contributed by atoms with van der Waals surface area (Å²) >= 11 is 0. The number of hydrogen-bond donors (Lipinski definition) is 2. The molecule has 0 saturated heterocycles. The standard InChI is InChI=1S/C13H18N4O2/c1-4-17-12(10(14)7-15-17)13(18)16-9(3)11-6-5-8(2)19-11/h5-7,9H,4,14H2,1-3H3,(H,16,18). The van der Waals surface area contributed by atoms with Crippen molar-refractivity contribution in [3.63, 3.8) is 0 Å². The summed E-state index contributed by atoms with van der Waals surface area (Å²) in [6, 6.07) is 3.49. The van der Waals surface area contributed by atoms with Crippen molar-refractivity contribution in [1.29, 1.82) is 0 Å². The van der Waals surface area contributed by atoms with E-state index in [1.54, 1.807) is 4.68 Å². The minimum atomic E-state index is -0.251. The van der Waals surface area contributed by atoms with Gasteiger partial charge in [-0.1, -0.05) is 0 Å². The summed E-state index contributed by atoms with van der Waals surface area (Å²) in [4.78, 5) is 12.2. The van der Waals surface area contributed by atoms with Crippen LogP contribution in [0.3, 0.4) is 0 Å². The molecule has 0 bridgehead atoms. The first kappa shape index (κ1) is 13.2. The van der Waals surface area contributed by atoms with E-state index in [0.717, 1.165) is 5.76 Å². The molecule has 0 aliphatic rings. The first-order chi connectivity index (χ1) is 9.02. The molecule has 2 rings (SSSR count). The molecule has 0 spiro atoms. The second-order valence-electron chi connectivity index (χ2n) is 4.41. The Kier molecular flexibility index (Phi) is 3.59. The Morgan fingerprint density at radius 3 is 2.89 bits per heavy atom. The Balaban J connectivity index is 2.14. The molecule has 6 nitrogen and oxygen atoms in total. The van der Waals surface area contributed by atoms with Crippen LogP contribution in [-0.4, -0.2) is 15.7 Å². The summed E-state index contributed by atoms with van der Waals surface area (Å²) in [7, 11) is 0. The van der Waals surface area contributed by atoms with Crippen LogP contribution in [-0.2, 0) is 6.54 Å². The van der Waals surface area contributed by atoms with E-state index in [4.69, 9.17) is 10.2 Å². The van der Waals surface area contributed by atoms with Gasteiger partial charge in [-0.05, 0) is 32.9 Å². The van der Waals surface area contributed by atoms with Crippen molar-refractivity contribution in [2.75, 3.05) is 5.73 Å². The number of anilines is 1. The molecular weight excluding hydrogens is 244 g/mol. The summed E-state index contributed by atoms with van der Waals surface area (Å²) in [6.07, 6.45) is 1.49. The largest absolute Gasteiger partial charge is 0.464 e. The minimum absolute atomic E-state index is 0.221. The van der Waals surface area contributed by atoms with Gasteiger partial charge in [-0.2, -0.15) is 5.10 Å². The Bertz CT molecular complexity index is 585. The van der Waals surface area contributed by atoms with E-state index in [1.807, 2.05) is 32.9 Å². The van der Waals surface area contributed by atoms with Gasteiger partial charge in [0.25, 0.3) is 5.91 Å². The zero-order valence-corrected chi connectivity index (χ0v) is 11.3. The lowest BCUT2D eigenvalue weighted by Crippen LogP contribution is -2.29. The van der Waals surface area contributed by atoms with Gasteiger partial charge in [0.05, 0.1) is 17.9 Å². The highest BCUT2D eigenvalue weighted by atomic mass is 16.3. The summed E-state index contributed by atoms with van der Waals surface area (Å²) in [5.41, 5.74) is 6.53. The molecule has 0 aromatic carbocycles. The second kappa shape index (κ2) is 5.17. The van der Waals surface area contributed by atoms with Crippen LogP contribution in [0.4, 0.5) is 5.69 Å². The van der Waals surface area contributed by atoms with Crippen molar-refractivity contribution in [3.8, 4) is 0 Å². The number of hydrogen-bond acceptors (Lipinski definition) is 4. The van der Waals surface area contributed by atoms with Crippen LogP contribution in [0.2, 0.25) is 0 Å². The van der Waals surface area contributed by atoms with Crippen LogP contribution in [0.1, 0.15) is 41.9 Å². The molecule has 1 unspecified atom stereocenters. The maximum atomic E-state index is 12.2. The third-order valence-electron chi connectivity index (χ3n) is 2.92. The maximum absolute atomic E-state index is 12.2. The van der Waals surface area contributed by atoms with Crippen molar-refractivity contribution >= 4 is 11.6 Å². The van der Waals surface area contributed by atoms with Crippen LogP contribution < -0.4 is 11.1 Å². The van der Waals surface area contributed by atoms with Gasteiger partial charge < -0.3 is 15.5 Å². The number of nitrogens with one attached hydrogen (secondary N) is 1. The molecule has 2 aromatic heterocycles. The third kappa shape index (κ3) is 2.62. The SMILES string of the molecule is CCn1ncc(N)c1C(=O)NC(C)c1ccc(C)o1. The average Bonchev–Trinajstić information content (AvgIpc) is 2.95. The highest BCUT2D eigenvalue weighted by molar-refractivity contribution is 5.97. The van der Waals surface area contributed by atoms with Crippen molar-refractivity contribution in [2.45, 2.75) is 33.4 Å². The van der Waals surface area contributed by atoms with E-state index in [9.17, 15) is 4.79 Å². The molecule has 0 radical (unpaired) electrons. The molecule has 6 heteroatoms. The van der Waals surface area contributed by atoms with Gasteiger partial charge in [-0.15, -0.1) is 0 Å². The zero-order chi connectivity index (χ0) is 14.0. The summed E-state index contributed by atoms with van der Waals surface area (Å²) in [5.74, 6) is 1.28. The van der Waals surface area contributed by atoms with Gasteiger partial charge >= 0.3 is 0 Å². The Morgan fingerprint density at radius 1 is 1.58 bits per heavy atom. The molecule has 1 atom stereocenters. The fraction of sp³-hybridized carbons (Fsp3) is 0.385. The number of nitrogen functional groups attached to an aromatic ring is 1. The van der Waals surface area contributed by atoms with Crippen molar-refractivity contribution in [3.05, 3.63) is 35.5 Å². The lowest BCUT2D eigenvalue weighted by molar-refractivity contribution is 0.0925. The second-order valence-corrected chi connectivity index (χ2v) is 4.41. The van der Waals surface area contributed by atoms with Crippen molar-refractivity contribution in [1.82, 2.24) is 15.1 Å². The molecule has 0 saturated carbocycles. The number of nitrogens with zero attached hydrogens (tertiary/aromatic N) is 2. The highest BCUT2D eigenvalue weighted by Crippen LogP contribution is 2.17. The molecule has 3 N–H and O–H groups in total. The van der Waals surface area contributed by atoms with Gasteiger partial charge in [0.2, 0.25) is 0 Å². The molecule has 0 aliphatic carbocycles. The number of furan rings is 1. The summed E-state index contributed by atoms with van der Waals surface area (Å²) < 4.78 is 7.06. The van der Waals surface area contributed by atoms with Crippen LogP contribution >= 0.6 is 0 Å². The number of nitrogens with two attached hydrogens (primary N) is 1. The fourth-order valence-corrected chi connectivity index (χ4v) is 1.91. The monoisotopic (exact) mass is 262 g/mol. The molecule has 2 heterocycles. The van der Waals surface area contributed by atoms with Gasteiger partial charge in [-0.3, -0.25) is 9.48 Å². The third-order valence-corrected chi connectivity index (χ3v) is 2.92. The fourth-order valence-electron chi connectivity index (χ4n) is 1.91. The maximum Gasteiger partial charge on any atom is 0.272 e. The first-order valence-corrected chi connectivity index (χ1v) is 6.21. The van der Waals surface area contributed by atoms with Gasteiger partial charge in [0.1, 0.15) is 17.2 Å². The first-order valence-electron chi connectivity index (χ1n) is 6.21. The Morgan fingerprint density at radius 2 is 2.32 bits per heavy atom. The van der Waals surface area contributed by atoms with E-state index in [2.05, 4.69) is 10.4 Å². The highest BCUT2D eigenvalue weighted by Gasteiger charge is 2.19. The lowest BCUT2D eigenvalue weighted by Gasteiger charge is -2.12. The normalized spacial score (nSPS) is 12.4. The Hall–Kier alpha value is -2.24. The van der Waals surface area contributed by atoms with E-state index >= 15 is 0 Å². The van der Waals surface area contributed by atoms with E-state index < -0.39 is 0 Å². The minimum Gasteiger partial charge on any atom is -0.464 e. The van der Waals surface area contributed by atoms with E-state index in [-0.39, 0.29) is 11.9 Å².